The van der Waals surface area contributed by atoms with Crippen molar-refractivity contribution in [3.8, 4) is 0 Å². The second kappa shape index (κ2) is 7.47. The van der Waals surface area contributed by atoms with Crippen LogP contribution < -0.4 is 11.7 Å². The van der Waals surface area contributed by atoms with Gasteiger partial charge in [0.2, 0.25) is 0 Å². The zero-order valence-corrected chi connectivity index (χ0v) is 10.2. The molecule has 16 heavy (non-hydrogen) atoms. The van der Waals surface area contributed by atoms with Gasteiger partial charge in [0.1, 0.15) is 0 Å². The van der Waals surface area contributed by atoms with Gasteiger partial charge in [0.05, 0.1) is 17.6 Å². The summed E-state index contributed by atoms with van der Waals surface area (Å²) in [6, 6.07) is 0. The lowest BCUT2D eigenvalue weighted by Gasteiger charge is -2.23. The molecular weight excluding hydrogens is 261 g/mol. The van der Waals surface area contributed by atoms with Crippen molar-refractivity contribution in [3.63, 3.8) is 0 Å². The Bertz CT molecular complexity index is 254. The van der Waals surface area contributed by atoms with E-state index in [-0.39, 0.29) is 30.9 Å². The minimum atomic E-state index is -1.08. The van der Waals surface area contributed by atoms with Crippen LogP contribution in [0.1, 0.15) is 6.92 Å². The van der Waals surface area contributed by atoms with Gasteiger partial charge >= 0.3 is 6.29 Å². The smallest absolute Gasteiger partial charge is 0.300 e. The molecule has 2 atom stereocenters. The molecule has 96 valence electrons. The highest BCUT2D eigenvalue weighted by atomic mass is 35.5. The van der Waals surface area contributed by atoms with E-state index in [1.165, 1.54) is 17.3 Å². The highest BCUT2D eigenvalue weighted by molar-refractivity contribution is 5.85. The van der Waals surface area contributed by atoms with Crippen LogP contribution in [0.3, 0.4) is 0 Å². The largest absolute Gasteiger partial charge is 0.380 e. The third-order valence-electron chi connectivity index (χ3n) is 1.88. The van der Waals surface area contributed by atoms with Crippen LogP contribution in [0.2, 0.25) is 0 Å². The predicted octanol–water partition coefficient (Wildman–Crippen LogP) is -0.368. The number of hydrogen-bond acceptors (Lipinski definition) is 7. The van der Waals surface area contributed by atoms with Crippen LogP contribution in [0.25, 0.3) is 0 Å². The van der Waals surface area contributed by atoms with Crippen molar-refractivity contribution in [1.82, 2.24) is 9.91 Å². The van der Waals surface area contributed by atoms with Crippen molar-refractivity contribution in [2.45, 2.75) is 19.3 Å². The maximum absolute atomic E-state index is 10.6. The van der Waals surface area contributed by atoms with Crippen molar-refractivity contribution in [3.05, 3.63) is 22.5 Å². The Morgan fingerprint density at radius 1 is 1.56 bits per heavy atom. The summed E-state index contributed by atoms with van der Waals surface area (Å²) >= 11 is 0. The molecule has 1 rings (SSSR count). The van der Waals surface area contributed by atoms with E-state index in [0.717, 1.165) is 5.01 Å². The standard InChI is InChI=1S/C6H13N5O3.2ClH/c1-5(14-8)4-9-2-3-10(7)6(9)11(12)13;;/h2-3,5-6H,4,7-8H2,1H3;2*1H. The van der Waals surface area contributed by atoms with E-state index in [1.807, 2.05) is 0 Å². The maximum atomic E-state index is 10.6. The molecular formula is C6H15Cl2N5O3. The molecule has 1 aliphatic heterocycles. The van der Waals surface area contributed by atoms with Gasteiger partial charge in [-0.15, -0.1) is 24.8 Å². The molecule has 2 unspecified atom stereocenters. The van der Waals surface area contributed by atoms with Gasteiger partial charge in [-0.2, -0.15) is 0 Å². The molecule has 4 N–H and O–H groups in total. The van der Waals surface area contributed by atoms with Crippen molar-refractivity contribution in [1.29, 1.82) is 0 Å². The van der Waals surface area contributed by atoms with Crippen LogP contribution in [0.4, 0.5) is 0 Å². The first kappa shape index (κ1) is 17.6. The number of halogens is 2. The van der Waals surface area contributed by atoms with Gasteiger partial charge in [-0.05, 0) is 6.92 Å². The molecule has 0 saturated carbocycles. The predicted molar refractivity (Wildman–Crippen MR) is 61.9 cm³/mol. The molecule has 0 aromatic rings. The fraction of sp³-hybridized carbons (Fsp3) is 0.667. The van der Waals surface area contributed by atoms with Crippen molar-refractivity contribution in [2.24, 2.45) is 11.7 Å². The summed E-state index contributed by atoms with van der Waals surface area (Å²) in [6.07, 6.45) is 1.58. The van der Waals surface area contributed by atoms with Gasteiger partial charge in [-0.25, -0.2) is 16.7 Å². The normalized spacial score (nSPS) is 20.1. The molecule has 0 radical (unpaired) electrons. The third-order valence-corrected chi connectivity index (χ3v) is 1.88. The first-order chi connectivity index (χ1) is 6.56. The average molecular weight is 276 g/mol. The lowest BCUT2D eigenvalue weighted by Crippen LogP contribution is -2.49. The zero-order chi connectivity index (χ0) is 10.7. The Morgan fingerprint density at radius 2 is 2.12 bits per heavy atom. The Kier molecular flexibility index (Phi) is 8.21. The van der Waals surface area contributed by atoms with Crippen LogP contribution in [0, 0.1) is 10.1 Å². The number of hydrogen-bond donors (Lipinski definition) is 2. The highest BCUT2D eigenvalue weighted by Gasteiger charge is 2.35. The number of hydrazine groups is 1. The topological polar surface area (TPSA) is 111 Å². The lowest BCUT2D eigenvalue weighted by molar-refractivity contribution is -0.570. The van der Waals surface area contributed by atoms with Gasteiger partial charge in [0, 0.05) is 12.4 Å². The Morgan fingerprint density at radius 3 is 2.56 bits per heavy atom. The van der Waals surface area contributed by atoms with Crippen LogP contribution in [0.5, 0.6) is 0 Å². The van der Waals surface area contributed by atoms with Crippen molar-refractivity contribution in [2.75, 3.05) is 6.54 Å². The zero-order valence-electron chi connectivity index (χ0n) is 8.55. The monoisotopic (exact) mass is 275 g/mol. The van der Waals surface area contributed by atoms with Crippen LogP contribution in [-0.2, 0) is 4.84 Å². The minimum absolute atomic E-state index is 0. The van der Waals surface area contributed by atoms with Crippen molar-refractivity contribution >= 4 is 24.8 Å². The number of nitro groups is 1. The molecule has 1 aliphatic rings. The molecule has 0 spiro atoms. The summed E-state index contributed by atoms with van der Waals surface area (Å²) in [5.41, 5.74) is 0. The van der Waals surface area contributed by atoms with E-state index in [4.69, 9.17) is 11.7 Å². The minimum Gasteiger partial charge on any atom is -0.300 e. The van der Waals surface area contributed by atoms with Crippen molar-refractivity contribution < 1.29 is 9.76 Å². The van der Waals surface area contributed by atoms with E-state index in [0.29, 0.717) is 6.54 Å². The van der Waals surface area contributed by atoms with Gasteiger partial charge in [-0.3, -0.25) is 19.9 Å². The Balaban J connectivity index is 0. The van der Waals surface area contributed by atoms with Gasteiger partial charge in [0.15, 0.2) is 0 Å². The number of nitrogens with two attached hydrogens (primary N) is 2. The van der Waals surface area contributed by atoms with Gasteiger partial charge < -0.3 is 0 Å². The molecule has 0 fully saturated rings. The molecule has 0 aliphatic carbocycles. The molecule has 0 aromatic carbocycles. The fourth-order valence-electron chi connectivity index (χ4n) is 1.21. The van der Waals surface area contributed by atoms with Crippen LogP contribution in [-0.4, -0.2) is 33.8 Å². The summed E-state index contributed by atoms with van der Waals surface area (Å²) in [4.78, 5) is 16.1. The molecule has 0 aromatic heterocycles. The van der Waals surface area contributed by atoms with Gasteiger partial charge in [-0.1, -0.05) is 0 Å². The molecule has 0 amide bonds. The fourth-order valence-corrected chi connectivity index (χ4v) is 1.21. The van der Waals surface area contributed by atoms with E-state index in [1.54, 1.807) is 6.92 Å². The molecule has 0 bridgehead atoms. The van der Waals surface area contributed by atoms with E-state index >= 15 is 0 Å². The summed E-state index contributed by atoms with van der Waals surface area (Å²) in [5, 5.41) is 11.6. The van der Waals surface area contributed by atoms with E-state index < -0.39 is 11.2 Å². The van der Waals surface area contributed by atoms with E-state index in [9.17, 15) is 10.1 Å². The SMILES string of the molecule is CC(CN1C=CN(N)C1[N+](=O)[O-])ON.Cl.Cl. The molecule has 10 heteroatoms. The van der Waals surface area contributed by atoms with Crippen LogP contribution >= 0.6 is 24.8 Å². The molecule has 1 heterocycles. The quantitative estimate of drug-likeness (QED) is 0.409. The average Bonchev–Trinajstić information content (AvgIpc) is 2.46. The summed E-state index contributed by atoms with van der Waals surface area (Å²) < 4.78 is 0. The first-order valence-electron chi connectivity index (χ1n) is 4.02. The summed E-state index contributed by atoms with van der Waals surface area (Å²) in [5.74, 6) is 10.3. The van der Waals surface area contributed by atoms with Crippen LogP contribution in [0.15, 0.2) is 12.4 Å². The lowest BCUT2D eigenvalue weighted by atomic mass is 10.4. The summed E-state index contributed by atoms with van der Waals surface area (Å²) in [6.45, 7) is 2.02. The number of nitrogens with zero attached hydrogens (tertiary/aromatic N) is 3. The molecule has 0 saturated heterocycles. The second-order valence-corrected chi connectivity index (χ2v) is 3.02. The second-order valence-electron chi connectivity index (χ2n) is 3.02. The maximum Gasteiger partial charge on any atom is 0.380 e. The Labute approximate surface area is 105 Å². The third kappa shape index (κ3) is 3.99. The Hall–Kier alpha value is -0.800. The van der Waals surface area contributed by atoms with Gasteiger partial charge in [0.25, 0.3) is 0 Å². The number of rotatable bonds is 4. The van der Waals surface area contributed by atoms with E-state index in [2.05, 4.69) is 4.84 Å². The highest BCUT2D eigenvalue weighted by Crippen LogP contribution is 2.13. The summed E-state index contributed by atoms with van der Waals surface area (Å²) in [7, 11) is 0. The first-order valence-corrected chi connectivity index (χ1v) is 4.02. The molecule has 8 nitrogen and oxygen atoms in total.